The number of alkyl halides is 3. The summed E-state index contributed by atoms with van der Waals surface area (Å²) in [4.78, 5) is 29.9. The number of carbonyl (C=O) groups excluding carboxylic acids is 2. The van der Waals surface area contributed by atoms with E-state index in [0.29, 0.717) is 11.1 Å². The van der Waals surface area contributed by atoms with Gasteiger partial charge < -0.3 is 20.3 Å². The summed E-state index contributed by atoms with van der Waals surface area (Å²) in [5.74, 6) is -1.30. The van der Waals surface area contributed by atoms with E-state index >= 15 is 0 Å². The lowest BCUT2D eigenvalue weighted by atomic mass is 9.99. The maximum atomic E-state index is 13.7. The fraction of sp³-hybridized carbons (Fsp3) is 0.350. The summed E-state index contributed by atoms with van der Waals surface area (Å²) in [6.07, 6.45) is -3.33. The van der Waals surface area contributed by atoms with Crippen LogP contribution >= 0.6 is 11.6 Å². The molecule has 1 saturated heterocycles. The van der Waals surface area contributed by atoms with Crippen LogP contribution in [0.25, 0.3) is 0 Å². The molecule has 32 heavy (non-hydrogen) atoms. The lowest BCUT2D eigenvalue weighted by Crippen LogP contribution is -2.58. The summed E-state index contributed by atoms with van der Waals surface area (Å²) in [5.41, 5.74) is 0.689. The normalized spacial score (nSPS) is 17.5. The van der Waals surface area contributed by atoms with Crippen LogP contribution in [0.4, 0.5) is 22.4 Å². The number of halogens is 5. The number of aromatic nitrogens is 1. The molecule has 2 N–H and O–H groups in total. The van der Waals surface area contributed by atoms with Gasteiger partial charge in [0.15, 0.2) is 6.61 Å². The van der Waals surface area contributed by atoms with Crippen molar-refractivity contribution in [3.63, 3.8) is 0 Å². The third-order valence-corrected chi connectivity index (χ3v) is 5.07. The van der Waals surface area contributed by atoms with Crippen molar-refractivity contribution < 1.29 is 31.9 Å². The van der Waals surface area contributed by atoms with E-state index in [9.17, 15) is 27.2 Å². The average molecular weight is 475 g/mol. The summed E-state index contributed by atoms with van der Waals surface area (Å²) in [6.45, 7) is 0.552. The van der Waals surface area contributed by atoms with Crippen molar-refractivity contribution in [2.75, 3.05) is 19.7 Å². The van der Waals surface area contributed by atoms with Crippen molar-refractivity contribution in [2.24, 2.45) is 0 Å². The van der Waals surface area contributed by atoms with E-state index in [1.807, 2.05) is 0 Å². The molecule has 2 aromatic rings. The van der Waals surface area contributed by atoms with Crippen LogP contribution in [-0.4, -0.2) is 53.7 Å². The summed E-state index contributed by atoms with van der Waals surface area (Å²) < 4.78 is 55.9. The molecular weight excluding hydrogens is 456 g/mol. The molecule has 7 nitrogen and oxygen atoms in total. The van der Waals surface area contributed by atoms with Crippen molar-refractivity contribution in [2.45, 2.75) is 25.2 Å². The monoisotopic (exact) mass is 474 g/mol. The zero-order valence-corrected chi connectivity index (χ0v) is 17.5. The Labute approximate surface area is 185 Å². The number of hydrogen-bond acceptors (Lipinski definition) is 4. The molecule has 1 aromatic heterocycles. The second-order valence-electron chi connectivity index (χ2n) is 7.05. The van der Waals surface area contributed by atoms with E-state index in [4.69, 9.17) is 16.3 Å². The second kappa shape index (κ2) is 9.60. The molecule has 0 unspecified atom stereocenters. The molecule has 3 rings (SSSR count). The molecule has 1 fully saturated rings. The first kappa shape index (κ1) is 23.6. The van der Waals surface area contributed by atoms with E-state index in [-0.39, 0.29) is 29.9 Å². The minimum Gasteiger partial charge on any atom is -0.468 e. The van der Waals surface area contributed by atoms with E-state index in [1.165, 1.54) is 35.4 Å². The van der Waals surface area contributed by atoms with Crippen molar-refractivity contribution >= 4 is 23.5 Å². The molecule has 0 aliphatic carbocycles. The number of rotatable bonds is 5. The van der Waals surface area contributed by atoms with Crippen LogP contribution in [0.3, 0.4) is 0 Å². The first-order valence-corrected chi connectivity index (χ1v) is 9.88. The number of pyridine rings is 1. The molecule has 0 bridgehead atoms. The van der Waals surface area contributed by atoms with Crippen LogP contribution < -0.4 is 15.4 Å². The summed E-state index contributed by atoms with van der Waals surface area (Å²) >= 11 is 5.89. The number of amides is 3. The van der Waals surface area contributed by atoms with Gasteiger partial charge in [0, 0.05) is 25.4 Å². The minimum atomic E-state index is -4.55. The van der Waals surface area contributed by atoms with Gasteiger partial charge in [0.05, 0.1) is 11.1 Å². The Kier molecular flexibility index (Phi) is 7.07. The second-order valence-corrected chi connectivity index (χ2v) is 7.45. The van der Waals surface area contributed by atoms with Crippen LogP contribution in [0.1, 0.15) is 24.1 Å². The molecule has 1 aliphatic rings. The molecule has 1 aliphatic heterocycles. The van der Waals surface area contributed by atoms with Crippen molar-refractivity contribution in [1.82, 2.24) is 20.5 Å². The highest BCUT2D eigenvalue weighted by atomic mass is 35.5. The number of urea groups is 1. The van der Waals surface area contributed by atoms with Gasteiger partial charge in [-0.3, -0.25) is 4.79 Å². The first-order chi connectivity index (χ1) is 15.0. The number of hydrogen-bond donors (Lipinski definition) is 2. The minimum absolute atomic E-state index is 0.199. The third kappa shape index (κ3) is 5.78. The van der Waals surface area contributed by atoms with Gasteiger partial charge in [0.2, 0.25) is 11.8 Å². The Bertz CT molecular complexity index is 1010. The molecule has 1 aromatic carbocycles. The van der Waals surface area contributed by atoms with Crippen molar-refractivity contribution in [3.8, 4) is 5.88 Å². The van der Waals surface area contributed by atoms with Gasteiger partial charge >= 0.3 is 12.2 Å². The summed E-state index contributed by atoms with van der Waals surface area (Å²) in [6, 6.07) is 4.23. The van der Waals surface area contributed by atoms with E-state index in [0.717, 1.165) is 6.07 Å². The maximum Gasteiger partial charge on any atom is 0.422 e. The van der Waals surface area contributed by atoms with Gasteiger partial charge in [0.1, 0.15) is 11.9 Å². The maximum absolute atomic E-state index is 13.7. The predicted octanol–water partition coefficient (Wildman–Crippen LogP) is 3.43. The van der Waals surface area contributed by atoms with E-state index in [1.54, 1.807) is 6.92 Å². The SMILES string of the molecule is C[C@@H]1C(=O)NCCN1C(=O)N[C@@H](c1ccnc(OCC(F)(F)F)c1)c1ccc(F)c(Cl)c1. The van der Waals surface area contributed by atoms with Gasteiger partial charge in [-0.2, -0.15) is 13.2 Å². The predicted molar refractivity (Wildman–Crippen MR) is 107 cm³/mol. The Morgan fingerprint density at radius 2 is 2.06 bits per heavy atom. The van der Waals surface area contributed by atoms with Gasteiger partial charge in [-0.25, -0.2) is 14.2 Å². The highest BCUT2D eigenvalue weighted by Crippen LogP contribution is 2.28. The fourth-order valence-corrected chi connectivity index (χ4v) is 3.35. The number of piperazine rings is 1. The molecular formula is C20H19ClF4N4O3. The lowest BCUT2D eigenvalue weighted by molar-refractivity contribution is -0.154. The van der Waals surface area contributed by atoms with Crippen molar-refractivity contribution in [3.05, 3.63) is 58.5 Å². The Hall–Kier alpha value is -3.08. The summed E-state index contributed by atoms with van der Waals surface area (Å²) in [5, 5.41) is 5.18. The average Bonchev–Trinajstić information content (AvgIpc) is 2.74. The van der Waals surface area contributed by atoms with Gasteiger partial charge in [-0.05, 0) is 36.2 Å². The smallest absolute Gasteiger partial charge is 0.422 e. The molecule has 0 saturated carbocycles. The van der Waals surface area contributed by atoms with Crippen LogP contribution in [0.5, 0.6) is 5.88 Å². The van der Waals surface area contributed by atoms with Gasteiger partial charge in [0.25, 0.3) is 0 Å². The number of nitrogens with zero attached hydrogens (tertiary/aromatic N) is 2. The Morgan fingerprint density at radius 3 is 2.75 bits per heavy atom. The van der Waals surface area contributed by atoms with E-state index < -0.39 is 36.7 Å². The van der Waals surface area contributed by atoms with Crippen LogP contribution in [0.15, 0.2) is 36.5 Å². The third-order valence-electron chi connectivity index (χ3n) is 4.78. The zero-order chi connectivity index (χ0) is 23.5. The number of ether oxygens (including phenoxy) is 1. The first-order valence-electron chi connectivity index (χ1n) is 9.50. The standard InChI is InChI=1S/C20H19ClF4N4O3/c1-11-18(30)27-6-7-29(11)19(31)28-17(12-2-3-15(22)14(21)8-12)13-4-5-26-16(9-13)32-10-20(23,24)25/h2-5,8-9,11,17H,6-7,10H2,1H3,(H,27,30)(H,28,31)/t11-,17-/m1/s1. The largest absolute Gasteiger partial charge is 0.468 e. The lowest BCUT2D eigenvalue weighted by Gasteiger charge is -2.34. The molecule has 2 heterocycles. The quantitative estimate of drug-likeness (QED) is 0.650. The zero-order valence-electron chi connectivity index (χ0n) is 16.7. The molecule has 2 atom stereocenters. The van der Waals surface area contributed by atoms with Crippen molar-refractivity contribution in [1.29, 1.82) is 0 Å². The highest BCUT2D eigenvalue weighted by Gasteiger charge is 2.32. The number of nitrogens with one attached hydrogen (secondary N) is 2. The number of carbonyl (C=O) groups is 2. The van der Waals surface area contributed by atoms with E-state index in [2.05, 4.69) is 15.6 Å². The van der Waals surface area contributed by atoms with Gasteiger partial charge in [-0.1, -0.05) is 17.7 Å². The topological polar surface area (TPSA) is 83.6 Å². The van der Waals surface area contributed by atoms with Crippen LogP contribution in [-0.2, 0) is 4.79 Å². The molecule has 3 amide bonds. The molecule has 0 spiro atoms. The van der Waals surface area contributed by atoms with Gasteiger partial charge in [-0.15, -0.1) is 0 Å². The summed E-state index contributed by atoms with van der Waals surface area (Å²) in [7, 11) is 0. The molecule has 172 valence electrons. The molecule has 0 radical (unpaired) electrons. The fourth-order valence-electron chi connectivity index (χ4n) is 3.16. The highest BCUT2D eigenvalue weighted by molar-refractivity contribution is 6.30. The Balaban J connectivity index is 1.92. The van der Waals surface area contributed by atoms with Crippen LogP contribution in [0.2, 0.25) is 5.02 Å². The number of benzene rings is 1. The molecule has 12 heteroatoms. The Morgan fingerprint density at radius 1 is 1.34 bits per heavy atom. The van der Waals surface area contributed by atoms with Crippen LogP contribution in [0, 0.1) is 5.82 Å².